The Morgan fingerprint density at radius 1 is 1.39 bits per heavy atom. The van der Waals surface area contributed by atoms with Gasteiger partial charge in [0, 0.05) is 41.9 Å². The minimum Gasteiger partial charge on any atom is -0.370 e. The molecule has 0 aliphatic carbocycles. The fourth-order valence-electron chi connectivity index (χ4n) is 2.14. The molecule has 0 spiro atoms. The van der Waals surface area contributed by atoms with Crippen LogP contribution < -0.4 is 11.1 Å². The summed E-state index contributed by atoms with van der Waals surface area (Å²) in [5, 5.41) is 8.46. The summed E-state index contributed by atoms with van der Waals surface area (Å²) in [6.45, 7) is 2.57. The highest BCUT2D eigenvalue weighted by Gasteiger charge is 2.10. The van der Waals surface area contributed by atoms with Gasteiger partial charge in [-0.05, 0) is 30.7 Å². The summed E-state index contributed by atoms with van der Waals surface area (Å²) in [7, 11) is 1.91. The van der Waals surface area contributed by atoms with Crippen molar-refractivity contribution in [1.82, 2.24) is 15.1 Å². The first-order valence-corrected chi connectivity index (χ1v) is 7.71. The lowest BCUT2D eigenvalue weighted by Crippen LogP contribution is -2.34. The van der Waals surface area contributed by atoms with E-state index in [1.807, 2.05) is 30.8 Å². The van der Waals surface area contributed by atoms with Crippen molar-refractivity contribution in [3.63, 3.8) is 0 Å². The van der Waals surface area contributed by atoms with Crippen LogP contribution in [0.1, 0.15) is 24.2 Å². The average molecular weight is 468 g/mol. The lowest BCUT2D eigenvalue weighted by Gasteiger charge is -2.16. The van der Waals surface area contributed by atoms with Gasteiger partial charge in [-0.15, -0.1) is 24.0 Å². The topological polar surface area (TPSA) is 68.2 Å². The summed E-state index contributed by atoms with van der Waals surface area (Å²) in [4.78, 5) is 4.33. The molecule has 5 nitrogen and oxygen atoms in total. The maximum atomic E-state index is 6.18. The normalized spacial score (nSPS) is 12.6. The number of aromatic nitrogens is 2. The number of hydrogen-bond donors (Lipinski definition) is 2. The van der Waals surface area contributed by atoms with Crippen molar-refractivity contribution < 1.29 is 0 Å². The van der Waals surface area contributed by atoms with Gasteiger partial charge in [-0.2, -0.15) is 5.10 Å². The summed E-state index contributed by atoms with van der Waals surface area (Å²) < 4.78 is 1.83. The van der Waals surface area contributed by atoms with Crippen molar-refractivity contribution >= 4 is 53.1 Å². The number of hydrogen-bond acceptors (Lipinski definition) is 2. The van der Waals surface area contributed by atoms with Crippen LogP contribution in [0.4, 0.5) is 0 Å². The van der Waals surface area contributed by atoms with E-state index in [1.165, 1.54) is 0 Å². The van der Waals surface area contributed by atoms with Crippen molar-refractivity contribution in [2.75, 3.05) is 6.54 Å². The highest BCUT2D eigenvalue weighted by molar-refractivity contribution is 14.0. The Morgan fingerprint density at radius 2 is 2.13 bits per heavy atom. The molecule has 0 fully saturated rings. The lowest BCUT2D eigenvalue weighted by molar-refractivity contribution is 0.694. The molecule has 0 saturated carbocycles. The smallest absolute Gasteiger partial charge is 0.189 e. The summed E-state index contributed by atoms with van der Waals surface area (Å²) in [5.41, 5.74) is 7.96. The number of rotatable bonds is 5. The van der Waals surface area contributed by atoms with Gasteiger partial charge in [0.25, 0.3) is 0 Å². The molecule has 2 aromatic rings. The third-order valence-corrected chi connectivity index (χ3v) is 3.93. The standard InChI is InChI=1S/C15H19Cl2N5.HI/c1-10(13-4-3-11(16)9-14(13)17)21-15(18)19-7-5-12-6-8-20-22(12)2;/h3-4,6,8-10H,5,7H2,1-2H3,(H3,18,19,21);1H. The molecule has 1 unspecified atom stereocenters. The van der Waals surface area contributed by atoms with Gasteiger partial charge in [0.05, 0.1) is 6.04 Å². The summed E-state index contributed by atoms with van der Waals surface area (Å²) in [5.74, 6) is 0.390. The SMILES string of the molecule is CC(NC(N)=NCCc1ccnn1C)c1ccc(Cl)cc1Cl.I. The van der Waals surface area contributed by atoms with E-state index in [9.17, 15) is 0 Å². The third-order valence-electron chi connectivity index (χ3n) is 3.37. The third kappa shape index (κ3) is 5.86. The van der Waals surface area contributed by atoms with Gasteiger partial charge in [0.2, 0.25) is 0 Å². The molecule has 0 radical (unpaired) electrons. The Kier molecular flexibility index (Phi) is 8.15. The largest absolute Gasteiger partial charge is 0.370 e. The molecule has 0 saturated heterocycles. The molecule has 8 heteroatoms. The van der Waals surface area contributed by atoms with Crippen LogP contribution in [0, 0.1) is 0 Å². The molecule has 1 atom stereocenters. The van der Waals surface area contributed by atoms with E-state index in [4.69, 9.17) is 28.9 Å². The highest BCUT2D eigenvalue weighted by Crippen LogP contribution is 2.25. The summed E-state index contributed by atoms with van der Waals surface area (Å²) in [6, 6.07) is 7.31. The van der Waals surface area contributed by atoms with Crippen LogP contribution in [0.3, 0.4) is 0 Å². The lowest BCUT2D eigenvalue weighted by atomic mass is 10.1. The van der Waals surface area contributed by atoms with E-state index in [0.717, 1.165) is 17.7 Å². The Labute approximate surface area is 163 Å². The van der Waals surface area contributed by atoms with E-state index in [-0.39, 0.29) is 30.0 Å². The number of benzene rings is 1. The molecule has 126 valence electrons. The molecular formula is C15H20Cl2IN5. The van der Waals surface area contributed by atoms with Crippen molar-refractivity contribution in [2.24, 2.45) is 17.8 Å². The minimum atomic E-state index is -0.0507. The van der Waals surface area contributed by atoms with Gasteiger partial charge in [0.15, 0.2) is 5.96 Å². The zero-order valence-corrected chi connectivity index (χ0v) is 16.8. The van der Waals surface area contributed by atoms with E-state index in [1.54, 1.807) is 18.3 Å². The molecule has 2 rings (SSSR count). The Morgan fingerprint density at radius 3 is 2.74 bits per heavy atom. The zero-order valence-electron chi connectivity index (χ0n) is 13.0. The average Bonchev–Trinajstić information content (AvgIpc) is 2.84. The van der Waals surface area contributed by atoms with Crippen LogP contribution in [-0.2, 0) is 13.5 Å². The van der Waals surface area contributed by atoms with Gasteiger partial charge in [0.1, 0.15) is 0 Å². The maximum absolute atomic E-state index is 6.18. The molecule has 0 bridgehead atoms. The van der Waals surface area contributed by atoms with Crippen molar-refractivity contribution in [3.8, 4) is 0 Å². The first-order valence-electron chi connectivity index (χ1n) is 6.95. The summed E-state index contributed by atoms with van der Waals surface area (Å²) in [6.07, 6.45) is 2.56. The first-order chi connectivity index (χ1) is 10.5. The second kappa shape index (κ2) is 9.34. The van der Waals surface area contributed by atoms with Crippen LogP contribution in [0.5, 0.6) is 0 Å². The Hall–Kier alpha value is -0.990. The van der Waals surface area contributed by atoms with E-state index in [0.29, 0.717) is 22.5 Å². The maximum Gasteiger partial charge on any atom is 0.189 e. The minimum absolute atomic E-state index is 0. The number of nitrogens with one attached hydrogen (secondary N) is 1. The van der Waals surface area contributed by atoms with Gasteiger partial charge < -0.3 is 11.1 Å². The fourth-order valence-corrected chi connectivity index (χ4v) is 2.71. The van der Waals surface area contributed by atoms with Crippen LogP contribution >= 0.6 is 47.2 Å². The van der Waals surface area contributed by atoms with E-state index < -0.39 is 0 Å². The zero-order chi connectivity index (χ0) is 16.1. The Bertz CT molecular complexity index is 672. The molecule has 0 amide bonds. The van der Waals surface area contributed by atoms with Crippen LogP contribution in [-0.4, -0.2) is 22.3 Å². The number of aliphatic imine (C=N–C) groups is 1. The number of halogens is 3. The predicted molar refractivity (Wildman–Crippen MR) is 107 cm³/mol. The highest BCUT2D eigenvalue weighted by atomic mass is 127. The molecule has 0 aliphatic heterocycles. The predicted octanol–water partition coefficient (Wildman–Crippen LogP) is 3.55. The number of aryl methyl sites for hydroxylation is 1. The van der Waals surface area contributed by atoms with Crippen LogP contribution in [0.25, 0.3) is 0 Å². The van der Waals surface area contributed by atoms with Crippen molar-refractivity contribution in [1.29, 1.82) is 0 Å². The van der Waals surface area contributed by atoms with E-state index in [2.05, 4.69) is 15.4 Å². The van der Waals surface area contributed by atoms with Crippen LogP contribution in [0.15, 0.2) is 35.5 Å². The van der Waals surface area contributed by atoms with Crippen molar-refractivity contribution in [2.45, 2.75) is 19.4 Å². The molecule has 1 aromatic heterocycles. The first kappa shape index (κ1) is 20.1. The molecule has 3 N–H and O–H groups in total. The molecule has 1 aromatic carbocycles. The van der Waals surface area contributed by atoms with E-state index >= 15 is 0 Å². The number of nitrogens with two attached hydrogens (primary N) is 1. The second-order valence-corrected chi connectivity index (χ2v) is 5.84. The second-order valence-electron chi connectivity index (χ2n) is 4.99. The number of guanidine groups is 1. The number of nitrogens with zero attached hydrogens (tertiary/aromatic N) is 3. The van der Waals surface area contributed by atoms with Crippen molar-refractivity contribution in [3.05, 3.63) is 51.8 Å². The Balaban J connectivity index is 0.00000264. The van der Waals surface area contributed by atoms with Crippen LogP contribution in [0.2, 0.25) is 10.0 Å². The molecule has 1 heterocycles. The summed E-state index contributed by atoms with van der Waals surface area (Å²) >= 11 is 12.1. The van der Waals surface area contributed by atoms with Gasteiger partial charge in [-0.25, -0.2) is 0 Å². The fraction of sp³-hybridized carbons (Fsp3) is 0.333. The monoisotopic (exact) mass is 467 g/mol. The molecular weight excluding hydrogens is 448 g/mol. The molecule has 0 aliphatic rings. The van der Waals surface area contributed by atoms with Gasteiger partial charge >= 0.3 is 0 Å². The van der Waals surface area contributed by atoms with Gasteiger partial charge in [-0.3, -0.25) is 9.67 Å². The van der Waals surface area contributed by atoms with Gasteiger partial charge in [-0.1, -0.05) is 29.3 Å². The quantitative estimate of drug-likeness (QED) is 0.401. The molecule has 23 heavy (non-hydrogen) atoms.